The summed E-state index contributed by atoms with van der Waals surface area (Å²) in [5.41, 5.74) is 1.79. The highest BCUT2D eigenvalue weighted by Crippen LogP contribution is 2.21. The summed E-state index contributed by atoms with van der Waals surface area (Å²) >= 11 is 0. The molecule has 0 bridgehead atoms. The maximum absolute atomic E-state index is 12.3. The molecule has 0 saturated carbocycles. The van der Waals surface area contributed by atoms with Gasteiger partial charge >= 0.3 is 0 Å². The second kappa shape index (κ2) is 6.48. The number of carbonyl (C=O) groups excluding carboxylic acids is 1. The molecule has 2 aromatic rings. The number of hydrogen-bond donors (Lipinski definition) is 1. The van der Waals surface area contributed by atoms with E-state index in [1.165, 1.54) is 6.20 Å². The van der Waals surface area contributed by atoms with Crippen molar-refractivity contribution in [3.05, 3.63) is 42.1 Å². The van der Waals surface area contributed by atoms with Crippen molar-refractivity contribution in [1.82, 2.24) is 9.97 Å². The molecule has 0 spiro atoms. The average molecular weight is 300 g/mol. The van der Waals surface area contributed by atoms with Gasteiger partial charge in [-0.1, -0.05) is 0 Å². The highest BCUT2D eigenvalue weighted by Gasteiger charge is 2.24. The van der Waals surface area contributed by atoms with Crippen molar-refractivity contribution in [1.29, 1.82) is 0 Å². The molecular weight excluding hydrogens is 282 g/mol. The molecule has 3 heterocycles. The van der Waals surface area contributed by atoms with E-state index >= 15 is 0 Å². The summed E-state index contributed by atoms with van der Waals surface area (Å²) in [5.74, 6) is 0.598. The van der Waals surface area contributed by atoms with Crippen LogP contribution in [0.15, 0.2) is 30.7 Å². The van der Waals surface area contributed by atoms with Crippen molar-refractivity contribution >= 4 is 17.4 Å². The molecule has 1 amide bonds. The Hall–Kier alpha value is -2.54. The maximum atomic E-state index is 12.3. The number of nitrogens with one attached hydrogen (secondary N) is 2. The molecule has 3 rings (SSSR count). The molecule has 1 fully saturated rings. The number of hydrogen-bond acceptors (Lipinski definition) is 5. The molecule has 7 nitrogen and oxygen atoms in total. The molecule has 0 atom stereocenters. The lowest BCUT2D eigenvalue weighted by molar-refractivity contribution is -0.363. The van der Waals surface area contributed by atoms with Gasteiger partial charge in [-0.15, -0.1) is 0 Å². The summed E-state index contributed by atoms with van der Waals surface area (Å²) in [6.07, 6.45) is 4.90. The van der Waals surface area contributed by atoms with Crippen LogP contribution in [0.5, 0.6) is 0 Å². The van der Waals surface area contributed by atoms with Gasteiger partial charge < -0.3 is 10.1 Å². The van der Waals surface area contributed by atoms with E-state index in [2.05, 4.69) is 25.2 Å². The van der Waals surface area contributed by atoms with Gasteiger partial charge in [0, 0.05) is 6.20 Å². The molecule has 2 N–H and O–H groups in total. The van der Waals surface area contributed by atoms with E-state index in [1.807, 2.05) is 25.3 Å². The second-order valence-electron chi connectivity index (χ2n) is 5.03. The zero-order valence-electron chi connectivity index (χ0n) is 12.4. The van der Waals surface area contributed by atoms with Crippen LogP contribution in [0.4, 0.5) is 11.5 Å². The summed E-state index contributed by atoms with van der Waals surface area (Å²) in [6, 6.07) is 3.71. The Bertz CT molecular complexity index is 653. The number of H-pyrrole nitrogens is 1. The Morgan fingerprint density at radius 3 is 2.86 bits per heavy atom. The van der Waals surface area contributed by atoms with Crippen LogP contribution in [0, 0.1) is 6.92 Å². The molecule has 1 aliphatic heterocycles. The first-order valence-electron chi connectivity index (χ1n) is 7.17. The van der Waals surface area contributed by atoms with Crippen molar-refractivity contribution in [2.75, 3.05) is 36.5 Å². The molecule has 0 unspecified atom stereocenters. The minimum absolute atomic E-state index is 0.276. The number of aromatic amines is 1. The number of aromatic nitrogens is 3. The summed E-state index contributed by atoms with van der Waals surface area (Å²) in [5, 5.41) is 2.89. The molecular formula is C15H18N5O2+. The van der Waals surface area contributed by atoms with Crippen LogP contribution in [0.2, 0.25) is 0 Å². The topological polar surface area (TPSA) is 81.5 Å². The van der Waals surface area contributed by atoms with Crippen molar-refractivity contribution in [3.8, 4) is 0 Å². The number of anilines is 2. The zero-order valence-corrected chi connectivity index (χ0v) is 12.4. The molecule has 0 aliphatic carbocycles. The number of pyridine rings is 1. The Kier molecular flexibility index (Phi) is 4.24. The lowest BCUT2D eigenvalue weighted by Gasteiger charge is -2.22. The van der Waals surface area contributed by atoms with Gasteiger partial charge in [-0.05, 0) is 19.1 Å². The van der Waals surface area contributed by atoms with E-state index in [-0.39, 0.29) is 5.91 Å². The van der Waals surface area contributed by atoms with Crippen molar-refractivity contribution < 1.29 is 14.5 Å². The number of amides is 1. The van der Waals surface area contributed by atoms with Gasteiger partial charge in [-0.2, -0.15) is 0 Å². The monoisotopic (exact) mass is 300 g/mol. The van der Waals surface area contributed by atoms with Crippen LogP contribution in [-0.2, 0) is 4.74 Å². The van der Waals surface area contributed by atoms with Gasteiger partial charge in [0.25, 0.3) is 11.7 Å². The molecule has 1 saturated heterocycles. The average Bonchev–Trinajstić information content (AvgIpc) is 2.57. The fraction of sp³-hybridized carbons (Fsp3) is 0.333. The number of ether oxygens (including phenoxy) is 1. The smallest absolute Gasteiger partial charge is 0.298 e. The third-order valence-corrected chi connectivity index (χ3v) is 3.42. The largest absolute Gasteiger partial charge is 0.373 e. The fourth-order valence-electron chi connectivity index (χ4n) is 2.27. The normalized spacial score (nSPS) is 14.7. The molecule has 2 aromatic heterocycles. The van der Waals surface area contributed by atoms with E-state index in [0.29, 0.717) is 18.9 Å². The molecule has 7 heteroatoms. The highest BCUT2D eigenvalue weighted by molar-refractivity contribution is 6.03. The first-order chi connectivity index (χ1) is 10.7. The van der Waals surface area contributed by atoms with Crippen LogP contribution in [-0.4, -0.2) is 42.2 Å². The number of morpholine rings is 1. The Balaban J connectivity index is 1.79. The van der Waals surface area contributed by atoms with Gasteiger partial charge in [0.05, 0.1) is 31.3 Å². The van der Waals surface area contributed by atoms with E-state index < -0.39 is 0 Å². The standard InChI is InChI=1S/C15H17N5O2/c1-11-9-18-13(10-17-11)15(21)19-12-3-2-4-16-14(12)20-5-7-22-8-6-20/h2-4,9-10H,5-8H2,1H3,(H,19,21)/p+1. The molecule has 0 aromatic carbocycles. The van der Waals surface area contributed by atoms with Crippen LogP contribution in [0.3, 0.4) is 0 Å². The van der Waals surface area contributed by atoms with Gasteiger partial charge in [0.15, 0.2) is 0 Å². The number of nitrogens with zero attached hydrogens (tertiary/aromatic N) is 3. The fourth-order valence-corrected chi connectivity index (χ4v) is 2.27. The minimum atomic E-state index is -0.276. The van der Waals surface area contributed by atoms with Gasteiger partial charge in [0.1, 0.15) is 24.5 Å². The molecule has 114 valence electrons. The first-order valence-corrected chi connectivity index (χ1v) is 7.17. The van der Waals surface area contributed by atoms with E-state index in [9.17, 15) is 4.79 Å². The summed E-state index contributed by atoms with van der Waals surface area (Å²) in [6.45, 7) is 4.76. The lowest BCUT2D eigenvalue weighted by atomic mass is 10.3. The third kappa shape index (κ3) is 3.20. The van der Waals surface area contributed by atoms with Crippen LogP contribution in [0.25, 0.3) is 0 Å². The van der Waals surface area contributed by atoms with Crippen LogP contribution < -0.4 is 15.2 Å². The van der Waals surface area contributed by atoms with Crippen LogP contribution >= 0.6 is 0 Å². The van der Waals surface area contributed by atoms with Crippen molar-refractivity contribution in [2.24, 2.45) is 0 Å². The zero-order chi connectivity index (χ0) is 15.4. The summed E-state index contributed by atoms with van der Waals surface area (Å²) in [7, 11) is 0. The number of aryl methyl sites for hydroxylation is 1. The molecule has 1 aliphatic rings. The van der Waals surface area contributed by atoms with E-state index in [1.54, 1.807) is 6.20 Å². The van der Waals surface area contributed by atoms with Crippen LogP contribution in [0.1, 0.15) is 16.2 Å². The minimum Gasteiger partial charge on any atom is -0.373 e. The quantitative estimate of drug-likeness (QED) is 0.902. The number of carbonyl (C=O) groups is 1. The van der Waals surface area contributed by atoms with E-state index in [4.69, 9.17) is 4.74 Å². The molecule has 22 heavy (non-hydrogen) atoms. The Morgan fingerprint density at radius 1 is 1.32 bits per heavy atom. The van der Waals surface area contributed by atoms with E-state index in [0.717, 1.165) is 30.3 Å². The predicted octanol–water partition coefficient (Wildman–Crippen LogP) is 0.688. The Labute approximate surface area is 128 Å². The second-order valence-corrected chi connectivity index (χ2v) is 5.03. The van der Waals surface area contributed by atoms with Gasteiger partial charge in [-0.25, -0.2) is 9.97 Å². The summed E-state index contributed by atoms with van der Waals surface area (Å²) in [4.78, 5) is 25.8. The third-order valence-electron chi connectivity index (χ3n) is 3.42. The first kappa shape index (κ1) is 14.4. The summed E-state index contributed by atoms with van der Waals surface area (Å²) < 4.78 is 5.36. The molecule has 0 radical (unpaired) electrons. The Morgan fingerprint density at radius 2 is 2.14 bits per heavy atom. The SMILES string of the molecule is Cc1cnc(C(=O)Nc2ccc[nH+]c2N2CCOCC2)cn1. The predicted molar refractivity (Wildman–Crippen MR) is 80.8 cm³/mol. The van der Waals surface area contributed by atoms with Crippen molar-refractivity contribution in [2.45, 2.75) is 6.92 Å². The van der Waals surface area contributed by atoms with Gasteiger partial charge in [0.2, 0.25) is 0 Å². The lowest BCUT2D eigenvalue weighted by Crippen LogP contribution is -2.40. The highest BCUT2D eigenvalue weighted by atomic mass is 16.5. The van der Waals surface area contributed by atoms with Crippen molar-refractivity contribution in [3.63, 3.8) is 0 Å². The van der Waals surface area contributed by atoms with Gasteiger partial charge in [-0.3, -0.25) is 14.7 Å². The maximum Gasteiger partial charge on any atom is 0.298 e. The number of rotatable bonds is 3.